The highest BCUT2D eigenvalue weighted by atomic mass is 16.3. The van der Waals surface area contributed by atoms with Gasteiger partial charge in [0, 0.05) is 66.5 Å². The number of fused-ring (bicyclic) bond motifs is 10. The van der Waals surface area contributed by atoms with Crippen LogP contribution in [0.1, 0.15) is 18.4 Å². The van der Waals surface area contributed by atoms with Crippen LogP contribution in [0, 0.1) is 0 Å². The second-order valence-corrected chi connectivity index (χ2v) is 17.8. The third kappa shape index (κ3) is 6.30. The van der Waals surface area contributed by atoms with Crippen molar-refractivity contribution in [3.05, 3.63) is 230 Å². The van der Waals surface area contributed by atoms with Gasteiger partial charge in [-0.2, -0.15) is 0 Å². The minimum Gasteiger partial charge on any atom is -0.455 e. The molecule has 0 saturated carbocycles. The first-order valence-corrected chi connectivity index (χ1v) is 23.6. The summed E-state index contributed by atoms with van der Waals surface area (Å²) >= 11 is 0. The maximum atomic E-state index is 7.18. The first kappa shape index (κ1) is 39.1. The topological polar surface area (TPSA) is 61.7 Å². The summed E-state index contributed by atoms with van der Waals surface area (Å²) < 4.78 is 12.0. The molecule has 324 valence electrons. The number of allylic oxidation sites excluding steroid dienone is 4. The number of furan rings is 1. The van der Waals surface area contributed by atoms with Crippen molar-refractivity contribution in [2.75, 3.05) is 0 Å². The van der Waals surface area contributed by atoms with Crippen LogP contribution in [0.3, 0.4) is 0 Å². The lowest BCUT2D eigenvalue weighted by atomic mass is 9.90. The van der Waals surface area contributed by atoms with Crippen LogP contribution < -0.4 is 0 Å². The van der Waals surface area contributed by atoms with Crippen molar-refractivity contribution in [3.63, 3.8) is 0 Å². The molecule has 14 rings (SSSR count). The van der Waals surface area contributed by atoms with Gasteiger partial charge in [0.2, 0.25) is 0 Å². The Kier molecular flexibility index (Phi) is 8.92. The molecule has 4 heterocycles. The SMILES string of the molecule is C1=CC(c2cc(-c3nc(-c4ccccc4)nc(-c4ccccc4)n3)cc(-c3ccccc3)c2-n2c3ccccc3c3c4oc5cc6c(cc5c4ccc32)c2ccccc2n6-c2ccccc2)=CCC1. The molecular weight excluding hydrogens is 843 g/mol. The molecule has 0 bridgehead atoms. The molecule has 1 aliphatic rings. The maximum Gasteiger partial charge on any atom is 0.164 e. The Morgan fingerprint density at radius 2 is 0.971 bits per heavy atom. The Labute approximate surface area is 397 Å². The number of aromatic nitrogens is 5. The first-order valence-electron chi connectivity index (χ1n) is 23.6. The first-order chi connectivity index (χ1) is 34.2. The van der Waals surface area contributed by atoms with Gasteiger partial charge in [-0.1, -0.05) is 164 Å². The van der Waals surface area contributed by atoms with E-state index in [1.54, 1.807) is 0 Å². The summed E-state index contributed by atoms with van der Waals surface area (Å²) in [6.07, 6.45) is 8.88. The second kappa shape index (κ2) is 15.8. The lowest BCUT2D eigenvalue weighted by molar-refractivity contribution is 0.673. The van der Waals surface area contributed by atoms with Crippen LogP contribution in [-0.2, 0) is 0 Å². The number of rotatable bonds is 7. The fourth-order valence-corrected chi connectivity index (χ4v) is 10.7. The van der Waals surface area contributed by atoms with Crippen molar-refractivity contribution >= 4 is 71.1 Å². The van der Waals surface area contributed by atoms with E-state index in [-0.39, 0.29) is 0 Å². The second-order valence-electron chi connectivity index (χ2n) is 17.8. The summed E-state index contributed by atoms with van der Waals surface area (Å²) in [5, 5.41) is 6.81. The van der Waals surface area contributed by atoms with Crippen molar-refractivity contribution in [3.8, 4) is 56.7 Å². The maximum absolute atomic E-state index is 7.18. The molecule has 0 spiro atoms. The van der Waals surface area contributed by atoms with E-state index < -0.39 is 0 Å². The Bertz CT molecular complexity index is 4160. The standard InChI is InChI=1S/C63H41N5O/c1-6-20-40(21-7-1)49-36-44(63-65-61(42-24-10-3-11-25-42)64-62(66-63)43-26-12-4-13-27-43)37-50(41-22-8-2-9-23-41)59(49)68-54-33-19-17-31-48(54)58-55(68)35-34-47-52-38-51-46-30-16-18-32-53(46)67(45-28-14-5-15-29-45)56(51)39-57(52)69-60(47)58/h1,3-8,10-39H,2,9H2. The summed E-state index contributed by atoms with van der Waals surface area (Å²) in [7, 11) is 0. The van der Waals surface area contributed by atoms with Gasteiger partial charge in [0.05, 0.1) is 33.1 Å². The molecule has 13 aromatic rings. The highest BCUT2D eigenvalue weighted by molar-refractivity contribution is 6.26. The fraction of sp³-hybridized carbons (Fsp3) is 0.0317. The third-order valence-electron chi connectivity index (χ3n) is 13.8. The molecule has 0 aliphatic heterocycles. The van der Waals surface area contributed by atoms with Crippen LogP contribution in [0.25, 0.3) is 128 Å². The summed E-state index contributed by atoms with van der Waals surface area (Å²) in [5.74, 6) is 1.87. The predicted molar refractivity (Wildman–Crippen MR) is 284 cm³/mol. The van der Waals surface area contributed by atoms with Gasteiger partial charge in [0.15, 0.2) is 17.5 Å². The van der Waals surface area contributed by atoms with E-state index >= 15 is 0 Å². The van der Waals surface area contributed by atoms with Crippen LogP contribution >= 0.6 is 0 Å². The molecule has 0 unspecified atom stereocenters. The minimum atomic E-state index is 0.611. The van der Waals surface area contributed by atoms with Crippen LogP contribution in [0.15, 0.2) is 229 Å². The van der Waals surface area contributed by atoms with Gasteiger partial charge < -0.3 is 13.6 Å². The molecule has 4 aromatic heterocycles. The largest absolute Gasteiger partial charge is 0.455 e. The molecule has 6 nitrogen and oxygen atoms in total. The van der Waals surface area contributed by atoms with Gasteiger partial charge in [-0.05, 0) is 78.6 Å². The van der Waals surface area contributed by atoms with E-state index in [4.69, 9.17) is 19.4 Å². The zero-order valence-corrected chi connectivity index (χ0v) is 37.4. The number of hydrogen-bond donors (Lipinski definition) is 0. The van der Waals surface area contributed by atoms with Crippen molar-refractivity contribution in [2.24, 2.45) is 0 Å². The Hall–Kier alpha value is -9.13. The Balaban J connectivity index is 1.06. The van der Waals surface area contributed by atoms with Crippen LogP contribution in [0.2, 0.25) is 0 Å². The summed E-state index contributed by atoms with van der Waals surface area (Å²) in [6.45, 7) is 0. The predicted octanol–water partition coefficient (Wildman–Crippen LogP) is 16.4. The summed E-state index contributed by atoms with van der Waals surface area (Å²) in [6, 6.07) is 72.9. The van der Waals surface area contributed by atoms with E-state index in [0.717, 1.165) is 112 Å². The number of hydrogen-bond acceptors (Lipinski definition) is 4. The molecule has 0 N–H and O–H groups in total. The quantitative estimate of drug-likeness (QED) is 0.160. The molecular formula is C63H41N5O. The van der Waals surface area contributed by atoms with E-state index in [1.807, 2.05) is 36.4 Å². The van der Waals surface area contributed by atoms with Crippen molar-refractivity contribution in [1.82, 2.24) is 24.1 Å². The van der Waals surface area contributed by atoms with Crippen LogP contribution in [0.5, 0.6) is 0 Å². The molecule has 0 fully saturated rings. The highest BCUT2D eigenvalue weighted by Crippen LogP contribution is 2.47. The van der Waals surface area contributed by atoms with E-state index in [9.17, 15) is 0 Å². The normalized spacial score (nSPS) is 12.8. The smallest absolute Gasteiger partial charge is 0.164 e. The molecule has 0 radical (unpaired) electrons. The lowest BCUT2D eigenvalue weighted by Gasteiger charge is -2.22. The molecule has 0 saturated heterocycles. The third-order valence-corrected chi connectivity index (χ3v) is 13.8. The Morgan fingerprint density at radius 1 is 0.391 bits per heavy atom. The summed E-state index contributed by atoms with van der Waals surface area (Å²) in [4.78, 5) is 15.5. The zero-order valence-electron chi connectivity index (χ0n) is 37.4. The van der Waals surface area contributed by atoms with Crippen LogP contribution in [0.4, 0.5) is 0 Å². The molecule has 1 aliphatic carbocycles. The van der Waals surface area contributed by atoms with Crippen LogP contribution in [-0.4, -0.2) is 24.1 Å². The minimum absolute atomic E-state index is 0.611. The van der Waals surface area contributed by atoms with Crippen molar-refractivity contribution in [1.29, 1.82) is 0 Å². The van der Waals surface area contributed by atoms with Gasteiger partial charge in [0.1, 0.15) is 11.2 Å². The monoisotopic (exact) mass is 883 g/mol. The van der Waals surface area contributed by atoms with Gasteiger partial charge in [-0.15, -0.1) is 0 Å². The van der Waals surface area contributed by atoms with Gasteiger partial charge in [-0.25, -0.2) is 15.0 Å². The molecule has 0 amide bonds. The fourth-order valence-electron chi connectivity index (χ4n) is 10.7. The molecule has 69 heavy (non-hydrogen) atoms. The Morgan fingerprint density at radius 3 is 1.64 bits per heavy atom. The van der Waals surface area contributed by atoms with Crippen molar-refractivity contribution < 1.29 is 4.42 Å². The highest BCUT2D eigenvalue weighted by Gasteiger charge is 2.26. The van der Waals surface area contributed by atoms with Gasteiger partial charge in [0.25, 0.3) is 0 Å². The average Bonchev–Trinajstić information content (AvgIpc) is 4.08. The lowest BCUT2D eigenvalue weighted by Crippen LogP contribution is -2.05. The number of benzene rings is 9. The van der Waals surface area contributed by atoms with Gasteiger partial charge in [-0.3, -0.25) is 0 Å². The van der Waals surface area contributed by atoms with Gasteiger partial charge >= 0.3 is 0 Å². The van der Waals surface area contributed by atoms with E-state index in [2.05, 4.69) is 197 Å². The van der Waals surface area contributed by atoms with E-state index in [0.29, 0.717) is 17.5 Å². The number of nitrogens with zero attached hydrogens (tertiary/aromatic N) is 5. The molecule has 9 aromatic carbocycles. The summed E-state index contributed by atoms with van der Waals surface area (Å²) in [5.41, 5.74) is 15.6. The average molecular weight is 884 g/mol. The molecule has 0 atom stereocenters. The van der Waals surface area contributed by atoms with E-state index in [1.165, 1.54) is 16.3 Å². The number of para-hydroxylation sites is 3. The zero-order chi connectivity index (χ0) is 45.4. The van der Waals surface area contributed by atoms with Crippen molar-refractivity contribution in [2.45, 2.75) is 12.8 Å². The molecule has 6 heteroatoms.